The van der Waals surface area contributed by atoms with Crippen LogP contribution in [0.15, 0.2) is 60.9 Å². The number of rotatable bonds is 5. The number of fused-ring (bicyclic) bond motifs is 1. The third-order valence-corrected chi connectivity index (χ3v) is 3.73. The van der Waals surface area contributed by atoms with Crippen LogP contribution in [-0.2, 0) is 13.1 Å². The summed E-state index contributed by atoms with van der Waals surface area (Å²) < 4.78 is 4.72. The number of nitrogens with zero attached hydrogens (tertiary/aromatic N) is 2. The van der Waals surface area contributed by atoms with Gasteiger partial charge in [0.15, 0.2) is 11.0 Å². The second-order valence-corrected chi connectivity index (χ2v) is 5.26. The van der Waals surface area contributed by atoms with Crippen LogP contribution in [0.5, 0.6) is 0 Å². The van der Waals surface area contributed by atoms with Crippen molar-refractivity contribution >= 4 is 11.0 Å². The van der Waals surface area contributed by atoms with Crippen molar-refractivity contribution in [3.8, 4) is 0 Å². The summed E-state index contributed by atoms with van der Waals surface area (Å²) in [6.07, 6.45) is 4.71. The molecule has 2 heteroatoms. The van der Waals surface area contributed by atoms with Gasteiger partial charge in [-0.1, -0.05) is 55.8 Å². The molecule has 1 aromatic heterocycles. The van der Waals surface area contributed by atoms with Crippen LogP contribution in [0.3, 0.4) is 0 Å². The average molecular weight is 265 g/mol. The van der Waals surface area contributed by atoms with Crippen LogP contribution in [0.2, 0.25) is 0 Å². The number of aryl methyl sites for hydroxylation is 1. The zero-order chi connectivity index (χ0) is 13.8. The lowest BCUT2D eigenvalue weighted by Gasteiger charge is -1.97. The van der Waals surface area contributed by atoms with E-state index >= 15 is 0 Å². The number of unbranched alkanes of at least 4 members (excludes halogenated alkanes) is 1. The van der Waals surface area contributed by atoms with Gasteiger partial charge in [0.05, 0.1) is 6.54 Å². The van der Waals surface area contributed by atoms with Gasteiger partial charge in [0.1, 0.15) is 6.54 Å². The molecule has 2 nitrogen and oxygen atoms in total. The molecular weight excluding hydrogens is 244 g/mol. The van der Waals surface area contributed by atoms with Crippen molar-refractivity contribution < 1.29 is 4.57 Å². The van der Waals surface area contributed by atoms with Crippen LogP contribution in [0.25, 0.3) is 11.0 Å². The van der Waals surface area contributed by atoms with E-state index in [9.17, 15) is 0 Å². The first-order chi connectivity index (χ1) is 9.88. The van der Waals surface area contributed by atoms with E-state index in [-0.39, 0.29) is 0 Å². The zero-order valence-corrected chi connectivity index (χ0v) is 12.0. The Morgan fingerprint density at radius 2 is 1.70 bits per heavy atom. The molecule has 0 aliphatic rings. The van der Waals surface area contributed by atoms with Gasteiger partial charge < -0.3 is 0 Å². The summed E-state index contributed by atoms with van der Waals surface area (Å²) in [6.45, 7) is 4.27. The Morgan fingerprint density at radius 3 is 2.50 bits per heavy atom. The van der Waals surface area contributed by atoms with E-state index in [1.54, 1.807) is 0 Å². The Hall–Kier alpha value is -2.09. The predicted octanol–water partition coefficient (Wildman–Crippen LogP) is 3.78. The molecule has 0 saturated heterocycles. The third kappa shape index (κ3) is 2.60. The van der Waals surface area contributed by atoms with E-state index in [0.717, 1.165) is 13.1 Å². The third-order valence-electron chi connectivity index (χ3n) is 3.73. The van der Waals surface area contributed by atoms with Crippen molar-refractivity contribution in [3.05, 3.63) is 66.5 Å². The minimum absolute atomic E-state index is 0.931. The van der Waals surface area contributed by atoms with Crippen LogP contribution in [0.4, 0.5) is 0 Å². The number of hydrogen-bond donors (Lipinski definition) is 0. The first-order valence-corrected chi connectivity index (χ1v) is 7.39. The molecule has 0 atom stereocenters. The maximum Gasteiger partial charge on any atom is 0.245 e. The second kappa shape index (κ2) is 5.91. The molecule has 0 aliphatic heterocycles. The van der Waals surface area contributed by atoms with Gasteiger partial charge in [-0.25, -0.2) is 9.13 Å². The Balaban J connectivity index is 1.98. The Morgan fingerprint density at radius 1 is 0.950 bits per heavy atom. The molecule has 0 aliphatic carbocycles. The fourth-order valence-electron chi connectivity index (χ4n) is 2.66. The maximum atomic E-state index is 2.38. The fourth-order valence-corrected chi connectivity index (χ4v) is 2.66. The van der Waals surface area contributed by atoms with Gasteiger partial charge in [0.2, 0.25) is 6.33 Å². The largest absolute Gasteiger partial charge is 0.245 e. The van der Waals surface area contributed by atoms with E-state index < -0.39 is 0 Å². The highest BCUT2D eigenvalue weighted by Gasteiger charge is 2.14. The lowest BCUT2D eigenvalue weighted by molar-refractivity contribution is -0.663. The van der Waals surface area contributed by atoms with Crippen molar-refractivity contribution in [2.24, 2.45) is 0 Å². The first-order valence-electron chi connectivity index (χ1n) is 7.39. The van der Waals surface area contributed by atoms with Gasteiger partial charge in [0.25, 0.3) is 0 Å². The van der Waals surface area contributed by atoms with Gasteiger partial charge in [-0.05, 0) is 24.1 Å². The first kappa shape index (κ1) is 12.9. The van der Waals surface area contributed by atoms with Gasteiger partial charge >= 0.3 is 0 Å². The van der Waals surface area contributed by atoms with E-state index in [2.05, 4.69) is 77.0 Å². The highest BCUT2D eigenvalue weighted by Crippen LogP contribution is 2.12. The summed E-state index contributed by atoms with van der Waals surface area (Å²) in [5, 5.41) is 0. The number of aromatic nitrogens is 2. The van der Waals surface area contributed by atoms with E-state index in [1.807, 2.05) is 0 Å². The lowest BCUT2D eigenvalue weighted by Crippen LogP contribution is -2.32. The molecule has 3 rings (SSSR count). The summed E-state index contributed by atoms with van der Waals surface area (Å²) in [4.78, 5) is 0. The summed E-state index contributed by atoms with van der Waals surface area (Å²) in [5.41, 5.74) is 3.99. The number of para-hydroxylation sites is 2. The molecule has 0 saturated carbocycles. The molecule has 0 spiro atoms. The molecule has 0 radical (unpaired) electrons. The molecule has 0 bridgehead atoms. The normalized spacial score (nSPS) is 11.1. The van der Waals surface area contributed by atoms with Crippen LogP contribution in [0, 0.1) is 0 Å². The SMILES string of the molecule is CCCCn1c[n+](Cc2ccccc2)c2ccccc21. The Bertz CT molecular complexity index is 683. The van der Waals surface area contributed by atoms with Crippen LogP contribution in [-0.4, -0.2) is 4.57 Å². The molecule has 0 amide bonds. The monoisotopic (exact) mass is 265 g/mol. The molecule has 20 heavy (non-hydrogen) atoms. The molecule has 0 N–H and O–H groups in total. The second-order valence-electron chi connectivity index (χ2n) is 5.26. The molecule has 0 fully saturated rings. The van der Waals surface area contributed by atoms with Crippen molar-refractivity contribution in [1.29, 1.82) is 0 Å². The minimum Gasteiger partial charge on any atom is -0.230 e. The van der Waals surface area contributed by atoms with Crippen molar-refractivity contribution in [3.63, 3.8) is 0 Å². The number of benzene rings is 2. The summed E-state index contributed by atoms with van der Waals surface area (Å²) in [7, 11) is 0. The minimum atomic E-state index is 0.931. The zero-order valence-electron chi connectivity index (χ0n) is 12.0. The molecular formula is C18H21N2+. The predicted molar refractivity (Wildman–Crippen MR) is 82.6 cm³/mol. The van der Waals surface area contributed by atoms with Crippen LogP contribution in [0.1, 0.15) is 25.3 Å². The summed E-state index contributed by atoms with van der Waals surface area (Å²) >= 11 is 0. The average Bonchev–Trinajstić information content (AvgIpc) is 2.85. The Labute approximate surface area is 120 Å². The Kier molecular flexibility index (Phi) is 3.82. The summed E-state index contributed by atoms with van der Waals surface area (Å²) in [5.74, 6) is 0. The van der Waals surface area contributed by atoms with E-state index in [0.29, 0.717) is 0 Å². The van der Waals surface area contributed by atoms with Gasteiger partial charge in [0, 0.05) is 0 Å². The van der Waals surface area contributed by atoms with E-state index in [1.165, 1.54) is 29.4 Å². The van der Waals surface area contributed by atoms with Crippen LogP contribution >= 0.6 is 0 Å². The number of imidazole rings is 1. The summed E-state index contributed by atoms with van der Waals surface area (Å²) in [6, 6.07) is 19.3. The van der Waals surface area contributed by atoms with E-state index in [4.69, 9.17) is 0 Å². The topological polar surface area (TPSA) is 8.81 Å². The highest BCUT2D eigenvalue weighted by atomic mass is 15.1. The smallest absolute Gasteiger partial charge is 0.230 e. The quantitative estimate of drug-likeness (QED) is 0.621. The van der Waals surface area contributed by atoms with Gasteiger partial charge in [-0.3, -0.25) is 0 Å². The molecule has 3 aromatic rings. The van der Waals surface area contributed by atoms with Crippen molar-refractivity contribution in [1.82, 2.24) is 4.57 Å². The molecule has 2 aromatic carbocycles. The van der Waals surface area contributed by atoms with Crippen molar-refractivity contribution in [2.75, 3.05) is 0 Å². The number of hydrogen-bond acceptors (Lipinski definition) is 0. The standard InChI is InChI=1S/C18H21N2/c1-2-3-13-19-15-20(14-16-9-5-4-6-10-16)18-12-8-7-11-17(18)19/h4-12,15H,2-3,13-14H2,1H3/q+1. The van der Waals surface area contributed by atoms with Gasteiger partial charge in [-0.2, -0.15) is 0 Å². The van der Waals surface area contributed by atoms with Crippen LogP contribution < -0.4 is 4.57 Å². The highest BCUT2D eigenvalue weighted by molar-refractivity contribution is 5.71. The maximum absolute atomic E-state index is 2.38. The fraction of sp³-hybridized carbons (Fsp3) is 0.278. The molecule has 1 heterocycles. The molecule has 102 valence electrons. The lowest BCUT2D eigenvalue weighted by atomic mass is 10.2. The van der Waals surface area contributed by atoms with Crippen molar-refractivity contribution in [2.45, 2.75) is 32.9 Å². The molecule has 0 unspecified atom stereocenters. The van der Waals surface area contributed by atoms with Gasteiger partial charge in [-0.15, -0.1) is 0 Å².